The molecule has 0 aliphatic carbocycles. The second kappa shape index (κ2) is 6.67. The van der Waals surface area contributed by atoms with E-state index in [1.54, 1.807) is 18.3 Å². The van der Waals surface area contributed by atoms with Crippen LogP contribution in [0.25, 0.3) is 10.9 Å². The summed E-state index contributed by atoms with van der Waals surface area (Å²) < 4.78 is 28.5. The highest BCUT2D eigenvalue weighted by Gasteiger charge is 2.39. The van der Waals surface area contributed by atoms with Crippen LogP contribution < -0.4 is 4.72 Å². The molecule has 3 fully saturated rings. The first-order valence-corrected chi connectivity index (χ1v) is 10.6. The van der Waals surface area contributed by atoms with Gasteiger partial charge in [0.1, 0.15) is 4.90 Å². The van der Waals surface area contributed by atoms with E-state index in [1.807, 2.05) is 18.2 Å². The normalized spacial score (nSPS) is 29.2. The lowest BCUT2D eigenvalue weighted by Crippen LogP contribution is -2.56. The molecule has 3 aliphatic rings. The predicted octanol–water partition coefficient (Wildman–Crippen LogP) is 2.63. The van der Waals surface area contributed by atoms with Gasteiger partial charge in [0.2, 0.25) is 10.0 Å². The maximum Gasteiger partial charge on any atom is 0.242 e. The minimum Gasteiger partial charge on any atom is -0.299 e. The molecule has 2 aromatic rings. The summed E-state index contributed by atoms with van der Waals surface area (Å²) in [6, 6.07) is 9.33. The zero-order valence-corrected chi connectivity index (χ0v) is 15.4. The molecule has 0 saturated carbocycles. The summed E-state index contributed by atoms with van der Waals surface area (Å²) in [6.45, 7) is 4.96. The van der Waals surface area contributed by atoms with Gasteiger partial charge in [-0.1, -0.05) is 31.5 Å². The van der Waals surface area contributed by atoms with Crippen LogP contribution in [-0.2, 0) is 10.0 Å². The summed E-state index contributed by atoms with van der Waals surface area (Å²) in [4.78, 5) is 7.01. The molecule has 2 bridgehead atoms. The molecule has 4 heterocycles. The minimum atomic E-state index is -3.56. The van der Waals surface area contributed by atoms with Crippen LogP contribution >= 0.6 is 0 Å². The Morgan fingerprint density at radius 1 is 1.28 bits per heavy atom. The first-order chi connectivity index (χ1) is 12.1. The van der Waals surface area contributed by atoms with E-state index < -0.39 is 10.0 Å². The fraction of sp³-hybridized carbons (Fsp3) is 0.526. The Balaban J connectivity index is 1.51. The monoisotopic (exact) mass is 359 g/mol. The van der Waals surface area contributed by atoms with E-state index in [9.17, 15) is 8.42 Å². The lowest BCUT2D eigenvalue weighted by Gasteiger charge is -2.49. The molecule has 3 aliphatic heterocycles. The number of nitrogens with zero attached hydrogens (tertiary/aromatic N) is 2. The number of benzene rings is 1. The summed E-state index contributed by atoms with van der Waals surface area (Å²) in [6.07, 6.45) is 5.23. The van der Waals surface area contributed by atoms with Crippen LogP contribution in [0.1, 0.15) is 26.2 Å². The van der Waals surface area contributed by atoms with Gasteiger partial charge < -0.3 is 0 Å². The van der Waals surface area contributed by atoms with Crippen molar-refractivity contribution in [3.63, 3.8) is 0 Å². The number of sulfonamides is 1. The van der Waals surface area contributed by atoms with Crippen LogP contribution in [0.2, 0.25) is 0 Å². The Labute approximate surface area is 149 Å². The van der Waals surface area contributed by atoms with Gasteiger partial charge in [-0.3, -0.25) is 9.88 Å². The Morgan fingerprint density at radius 3 is 2.88 bits per heavy atom. The fourth-order valence-corrected chi connectivity index (χ4v) is 5.75. The van der Waals surface area contributed by atoms with Gasteiger partial charge in [0.15, 0.2) is 0 Å². The second-order valence-corrected chi connectivity index (χ2v) is 9.02. The second-order valence-electron chi connectivity index (χ2n) is 7.28. The van der Waals surface area contributed by atoms with Crippen LogP contribution in [0.15, 0.2) is 41.4 Å². The van der Waals surface area contributed by atoms with Gasteiger partial charge >= 0.3 is 0 Å². The fourth-order valence-electron chi connectivity index (χ4n) is 4.50. The molecule has 1 aromatic carbocycles. The zero-order chi connectivity index (χ0) is 17.4. The summed E-state index contributed by atoms with van der Waals surface area (Å²) in [7, 11) is -3.56. The molecule has 134 valence electrons. The molecule has 3 saturated heterocycles. The van der Waals surface area contributed by atoms with Crippen molar-refractivity contribution in [3.8, 4) is 0 Å². The summed E-state index contributed by atoms with van der Waals surface area (Å²) in [5.41, 5.74) is 0.536. The zero-order valence-electron chi connectivity index (χ0n) is 14.6. The summed E-state index contributed by atoms with van der Waals surface area (Å²) >= 11 is 0. The SMILES string of the molecule is CCC1CN2CCC1CC2CNS(=O)(=O)c1cccc2cccnc12. The van der Waals surface area contributed by atoms with Gasteiger partial charge in [0, 0.05) is 30.7 Å². The Kier molecular flexibility index (Phi) is 4.52. The molecule has 5 nitrogen and oxygen atoms in total. The predicted molar refractivity (Wildman–Crippen MR) is 98.8 cm³/mol. The maximum atomic E-state index is 12.8. The van der Waals surface area contributed by atoms with Crippen LogP contribution in [0.5, 0.6) is 0 Å². The molecule has 0 spiro atoms. The number of hydrogen-bond donors (Lipinski definition) is 1. The van der Waals surface area contributed by atoms with E-state index in [4.69, 9.17) is 0 Å². The lowest BCUT2D eigenvalue weighted by atomic mass is 9.74. The number of fused-ring (bicyclic) bond motifs is 4. The smallest absolute Gasteiger partial charge is 0.242 e. The van der Waals surface area contributed by atoms with Crippen LogP contribution in [-0.4, -0.2) is 44.0 Å². The highest BCUT2D eigenvalue weighted by atomic mass is 32.2. The van der Waals surface area contributed by atoms with E-state index >= 15 is 0 Å². The third-order valence-corrected chi connectivity index (χ3v) is 7.39. The molecular formula is C19H25N3O2S. The number of piperidine rings is 3. The molecule has 5 rings (SSSR count). The van der Waals surface area contributed by atoms with Crippen LogP contribution in [0, 0.1) is 11.8 Å². The number of para-hydroxylation sites is 1. The van der Waals surface area contributed by atoms with Crippen molar-refractivity contribution < 1.29 is 8.42 Å². The van der Waals surface area contributed by atoms with Gasteiger partial charge in [0.05, 0.1) is 5.52 Å². The van der Waals surface area contributed by atoms with Gasteiger partial charge in [-0.25, -0.2) is 13.1 Å². The number of hydrogen-bond acceptors (Lipinski definition) is 4. The first-order valence-electron chi connectivity index (χ1n) is 9.16. The van der Waals surface area contributed by atoms with Crippen molar-refractivity contribution in [2.75, 3.05) is 19.6 Å². The number of aromatic nitrogens is 1. The van der Waals surface area contributed by atoms with Crippen molar-refractivity contribution in [3.05, 3.63) is 36.5 Å². The Morgan fingerprint density at radius 2 is 2.12 bits per heavy atom. The minimum absolute atomic E-state index is 0.271. The van der Waals surface area contributed by atoms with Gasteiger partial charge in [-0.15, -0.1) is 0 Å². The highest BCUT2D eigenvalue weighted by molar-refractivity contribution is 7.89. The largest absolute Gasteiger partial charge is 0.299 e. The van der Waals surface area contributed by atoms with E-state index in [1.165, 1.54) is 12.8 Å². The molecule has 25 heavy (non-hydrogen) atoms. The van der Waals surface area contributed by atoms with Crippen molar-refractivity contribution in [1.29, 1.82) is 0 Å². The lowest BCUT2D eigenvalue weighted by molar-refractivity contribution is 0.00237. The summed E-state index contributed by atoms with van der Waals surface area (Å²) in [5, 5.41) is 0.844. The van der Waals surface area contributed by atoms with Crippen molar-refractivity contribution in [1.82, 2.24) is 14.6 Å². The molecular weight excluding hydrogens is 334 g/mol. The Hall–Kier alpha value is -1.50. The van der Waals surface area contributed by atoms with Crippen molar-refractivity contribution in [2.45, 2.75) is 37.1 Å². The van der Waals surface area contributed by atoms with E-state index in [2.05, 4.69) is 21.5 Å². The standard InChI is InChI=1S/C19H25N3O2S/c1-2-14-13-22-10-8-16(14)11-17(22)12-21-25(23,24)18-7-3-5-15-6-4-9-20-19(15)18/h3-7,9,14,16-17,21H,2,8,10-13H2,1H3. The average Bonchev–Trinajstić information content (AvgIpc) is 2.66. The van der Waals surface area contributed by atoms with Gasteiger partial charge in [-0.05, 0) is 43.4 Å². The van der Waals surface area contributed by atoms with Gasteiger partial charge in [0.25, 0.3) is 0 Å². The molecule has 4 atom stereocenters. The quantitative estimate of drug-likeness (QED) is 0.891. The Bertz CT molecular complexity index is 863. The topological polar surface area (TPSA) is 62.3 Å². The average molecular weight is 359 g/mol. The molecule has 0 amide bonds. The maximum absolute atomic E-state index is 12.8. The third-order valence-electron chi connectivity index (χ3n) is 5.93. The molecule has 4 unspecified atom stereocenters. The van der Waals surface area contributed by atoms with Crippen molar-refractivity contribution in [2.24, 2.45) is 11.8 Å². The van der Waals surface area contributed by atoms with E-state index in [0.29, 0.717) is 18.1 Å². The van der Waals surface area contributed by atoms with Crippen molar-refractivity contribution >= 4 is 20.9 Å². The molecule has 1 aromatic heterocycles. The number of rotatable bonds is 5. The molecule has 6 heteroatoms. The molecule has 1 N–H and O–H groups in total. The van der Waals surface area contributed by atoms with E-state index in [0.717, 1.165) is 36.7 Å². The number of nitrogens with one attached hydrogen (secondary N) is 1. The summed E-state index contributed by atoms with van der Waals surface area (Å²) in [5.74, 6) is 1.53. The van der Waals surface area contributed by atoms with E-state index in [-0.39, 0.29) is 4.90 Å². The highest BCUT2D eigenvalue weighted by Crippen LogP contribution is 2.37. The van der Waals surface area contributed by atoms with Crippen LogP contribution in [0.3, 0.4) is 0 Å². The first kappa shape index (κ1) is 16.9. The molecule has 0 radical (unpaired) electrons. The third kappa shape index (κ3) is 3.18. The van der Waals surface area contributed by atoms with Crippen LogP contribution in [0.4, 0.5) is 0 Å². The van der Waals surface area contributed by atoms with Gasteiger partial charge in [-0.2, -0.15) is 0 Å². The number of pyridine rings is 1.